The van der Waals surface area contributed by atoms with Crippen LogP contribution in [0.1, 0.15) is 41.0 Å². The molecule has 1 N–H and O–H groups in total. The predicted molar refractivity (Wildman–Crippen MR) is 107 cm³/mol. The molecule has 1 saturated carbocycles. The van der Waals surface area contributed by atoms with E-state index in [-0.39, 0.29) is 35.5 Å². The van der Waals surface area contributed by atoms with Crippen LogP contribution >= 0.6 is 0 Å². The number of carbonyl (C=O) groups excluding carboxylic acids is 1. The quantitative estimate of drug-likeness (QED) is 0.791. The van der Waals surface area contributed by atoms with E-state index in [2.05, 4.69) is 10.3 Å². The third kappa shape index (κ3) is 4.10. The van der Waals surface area contributed by atoms with E-state index in [9.17, 15) is 17.6 Å². The lowest BCUT2D eigenvalue weighted by atomic mass is 10.1. The summed E-state index contributed by atoms with van der Waals surface area (Å²) in [6.45, 7) is 0.338. The number of amides is 1. The molecule has 1 aliphatic heterocycles. The van der Waals surface area contributed by atoms with Crippen LogP contribution in [0.3, 0.4) is 0 Å². The molecule has 0 spiro atoms. The summed E-state index contributed by atoms with van der Waals surface area (Å²) in [7, 11) is -3.86. The zero-order valence-corrected chi connectivity index (χ0v) is 16.8. The van der Waals surface area contributed by atoms with Crippen LogP contribution in [0.25, 0.3) is 5.57 Å². The van der Waals surface area contributed by atoms with E-state index in [1.54, 1.807) is 30.3 Å². The maximum Gasteiger partial charge on any atom is 0.270 e. The van der Waals surface area contributed by atoms with Gasteiger partial charge in [0.05, 0.1) is 16.2 Å². The number of pyridine rings is 1. The van der Waals surface area contributed by atoms with Crippen molar-refractivity contribution < 1.29 is 17.6 Å². The Morgan fingerprint density at radius 1 is 1.27 bits per heavy atom. The number of aromatic nitrogens is 1. The minimum atomic E-state index is -3.86. The van der Waals surface area contributed by atoms with Gasteiger partial charge in [-0.05, 0) is 55.2 Å². The van der Waals surface area contributed by atoms with Gasteiger partial charge in [-0.15, -0.1) is 0 Å². The monoisotopic (exact) mass is 426 g/mol. The third-order valence-corrected chi connectivity index (χ3v) is 6.95. The molecule has 4 rings (SSSR count). The molecular weight excluding hydrogens is 407 g/mol. The second-order valence-corrected chi connectivity index (χ2v) is 9.19. The smallest absolute Gasteiger partial charge is 0.270 e. The summed E-state index contributed by atoms with van der Waals surface area (Å²) >= 11 is 0. The van der Waals surface area contributed by atoms with Crippen molar-refractivity contribution in [2.75, 3.05) is 13.1 Å². The number of halogens is 1. The third-order valence-electron chi connectivity index (χ3n) is 5.09. The van der Waals surface area contributed by atoms with Crippen LogP contribution in [-0.4, -0.2) is 42.7 Å². The van der Waals surface area contributed by atoms with Crippen molar-refractivity contribution in [2.45, 2.75) is 30.2 Å². The van der Waals surface area contributed by atoms with Crippen molar-refractivity contribution in [3.05, 3.63) is 65.2 Å². The van der Waals surface area contributed by atoms with Crippen LogP contribution < -0.4 is 5.32 Å². The summed E-state index contributed by atoms with van der Waals surface area (Å²) in [6.07, 6.45) is 4.17. The molecule has 2 aromatic rings. The minimum Gasteiger partial charge on any atom is -0.348 e. The lowest BCUT2D eigenvalue weighted by molar-refractivity contribution is 0.0946. The topological polar surface area (TPSA) is 103 Å². The largest absolute Gasteiger partial charge is 0.348 e. The summed E-state index contributed by atoms with van der Waals surface area (Å²) in [5, 5.41) is 11.9. The molecule has 0 radical (unpaired) electrons. The Labute approximate surface area is 173 Å². The van der Waals surface area contributed by atoms with Gasteiger partial charge in [-0.3, -0.25) is 4.79 Å². The zero-order chi connectivity index (χ0) is 21.3. The van der Waals surface area contributed by atoms with Crippen molar-refractivity contribution in [3.63, 3.8) is 0 Å². The molecule has 0 atom stereocenters. The van der Waals surface area contributed by atoms with Crippen LogP contribution in [0.4, 0.5) is 4.39 Å². The molecule has 0 unspecified atom stereocenters. The lowest BCUT2D eigenvalue weighted by Crippen LogP contribution is -2.35. The second kappa shape index (κ2) is 7.97. The fraction of sp³-hybridized carbons (Fsp3) is 0.286. The highest BCUT2D eigenvalue weighted by molar-refractivity contribution is 7.89. The number of hydrogen-bond acceptors (Lipinski definition) is 5. The fourth-order valence-corrected chi connectivity index (χ4v) is 4.64. The van der Waals surface area contributed by atoms with Crippen molar-refractivity contribution in [3.8, 4) is 6.07 Å². The van der Waals surface area contributed by atoms with Gasteiger partial charge < -0.3 is 5.32 Å². The van der Waals surface area contributed by atoms with E-state index in [0.717, 1.165) is 36.6 Å². The molecule has 2 heterocycles. The first-order valence-electron chi connectivity index (χ1n) is 9.55. The highest BCUT2D eigenvalue weighted by Gasteiger charge is 2.28. The number of carbonyl (C=O) groups is 1. The molecule has 154 valence electrons. The molecule has 2 aliphatic rings. The molecule has 1 fully saturated rings. The summed E-state index contributed by atoms with van der Waals surface area (Å²) in [4.78, 5) is 16.5. The minimum absolute atomic E-state index is 0.117. The van der Waals surface area contributed by atoms with Gasteiger partial charge in [-0.1, -0.05) is 12.1 Å². The van der Waals surface area contributed by atoms with E-state index in [1.807, 2.05) is 0 Å². The number of nitriles is 1. The van der Waals surface area contributed by atoms with E-state index in [4.69, 9.17) is 5.26 Å². The Morgan fingerprint density at radius 3 is 2.73 bits per heavy atom. The van der Waals surface area contributed by atoms with Crippen LogP contribution in [0.15, 0.2) is 47.4 Å². The molecule has 1 amide bonds. The van der Waals surface area contributed by atoms with Crippen LogP contribution in [0.5, 0.6) is 0 Å². The van der Waals surface area contributed by atoms with Crippen molar-refractivity contribution in [2.24, 2.45) is 0 Å². The molecule has 0 saturated heterocycles. The summed E-state index contributed by atoms with van der Waals surface area (Å²) in [5.74, 6) is -0.960. The Morgan fingerprint density at radius 2 is 2.07 bits per heavy atom. The number of hydrogen-bond donors (Lipinski definition) is 1. The molecule has 7 nitrogen and oxygen atoms in total. The molecule has 1 aromatic heterocycles. The summed E-state index contributed by atoms with van der Waals surface area (Å²) in [6, 6.07) is 10.3. The SMILES string of the molecule is N#Cc1cc(S(=O)(=O)N2CC=C(c3cccc(C(=O)NC4CC4)n3)CC2)ccc1F. The number of sulfonamides is 1. The Balaban J connectivity index is 1.51. The highest BCUT2D eigenvalue weighted by Crippen LogP contribution is 2.26. The normalized spacial score (nSPS) is 17.1. The van der Waals surface area contributed by atoms with Gasteiger partial charge in [-0.2, -0.15) is 9.57 Å². The first-order chi connectivity index (χ1) is 14.4. The van der Waals surface area contributed by atoms with Crippen molar-refractivity contribution in [1.82, 2.24) is 14.6 Å². The standard InChI is InChI=1S/C21H19FN4O3S/c22-18-7-6-17(12-15(18)13-23)30(28,29)26-10-8-14(9-11-26)19-2-1-3-20(25-19)21(27)24-16-4-5-16/h1-3,6-8,12,16H,4-5,9-11H2,(H,24,27). The maximum atomic E-state index is 13.5. The maximum absolute atomic E-state index is 13.5. The van der Waals surface area contributed by atoms with Gasteiger partial charge in [-0.25, -0.2) is 17.8 Å². The van der Waals surface area contributed by atoms with Gasteiger partial charge in [0.2, 0.25) is 10.0 Å². The summed E-state index contributed by atoms with van der Waals surface area (Å²) in [5.41, 5.74) is 1.53. The highest BCUT2D eigenvalue weighted by atomic mass is 32.2. The molecule has 0 bridgehead atoms. The average Bonchev–Trinajstić information content (AvgIpc) is 3.58. The van der Waals surface area contributed by atoms with E-state index >= 15 is 0 Å². The van der Waals surface area contributed by atoms with Gasteiger partial charge in [0.1, 0.15) is 17.6 Å². The van der Waals surface area contributed by atoms with E-state index < -0.39 is 15.8 Å². The Kier molecular flexibility index (Phi) is 5.37. The first kappa shape index (κ1) is 20.2. The molecule has 9 heteroatoms. The van der Waals surface area contributed by atoms with Crippen LogP contribution in [0, 0.1) is 17.1 Å². The number of benzene rings is 1. The van der Waals surface area contributed by atoms with Crippen LogP contribution in [-0.2, 0) is 10.0 Å². The molecule has 30 heavy (non-hydrogen) atoms. The summed E-state index contributed by atoms with van der Waals surface area (Å²) < 4.78 is 40.5. The second-order valence-electron chi connectivity index (χ2n) is 7.25. The Bertz CT molecular complexity index is 1180. The Hall–Kier alpha value is -3.09. The van der Waals surface area contributed by atoms with E-state index in [0.29, 0.717) is 17.8 Å². The van der Waals surface area contributed by atoms with E-state index in [1.165, 1.54) is 4.31 Å². The first-order valence-corrected chi connectivity index (χ1v) is 11.0. The zero-order valence-electron chi connectivity index (χ0n) is 16.0. The fourth-order valence-electron chi connectivity index (χ4n) is 3.23. The predicted octanol–water partition coefficient (Wildman–Crippen LogP) is 2.46. The van der Waals surface area contributed by atoms with Gasteiger partial charge in [0.15, 0.2) is 0 Å². The number of rotatable bonds is 5. The average molecular weight is 426 g/mol. The number of nitrogens with one attached hydrogen (secondary N) is 1. The van der Waals surface area contributed by atoms with Crippen LogP contribution in [0.2, 0.25) is 0 Å². The van der Waals surface area contributed by atoms with Crippen molar-refractivity contribution in [1.29, 1.82) is 5.26 Å². The van der Waals surface area contributed by atoms with Gasteiger partial charge in [0.25, 0.3) is 5.91 Å². The van der Waals surface area contributed by atoms with Crippen molar-refractivity contribution >= 4 is 21.5 Å². The van der Waals surface area contributed by atoms with Gasteiger partial charge in [0, 0.05) is 19.1 Å². The molecular formula is C21H19FN4O3S. The molecule has 1 aliphatic carbocycles. The molecule has 1 aromatic carbocycles. The number of nitrogens with zero attached hydrogens (tertiary/aromatic N) is 3. The lowest BCUT2D eigenvalue weighted by Gasteiger charge is -2.26. The van der Waals surface area contributed by atoms with Gasteiger partial charge >= 0.3 is 0 Å².